The van der Waals surface area contributed by atoms with Gasteiger partial charge in [0.15, 0.2) is 0 Å². The van der Waals surface area contributed by atoms with Gasteiger partial charge in [-0.1, -0.05) is 30.3 Å². The van der Waals surface area contributed by atoms with Gasteiger partial charge in [-0.2, -0.15) is 0 Å². The van der Waals surface area contributed by atoms with Crippen LogP contribution in [0.4, 0.5) is 8.78 Å². The predicted molar refractivity (Wildman–Crippen MR) is 179 cm³/mol. The summed E-state index contributed by atoms with van der Waals surface area (Å²) in [4.78, 5) is 64.0. The third kappa shape index (κ3) is 7.65. The number of nitrogens with zero attached hydrogens (tertiary/aromatic N) is 4. The Hall–Kier alpha value is -3.12. The van der Waals surface area contributed by atoms with Crippen molar-refractivity contribution in [1.82, 2.24) is 30.2 Å². The van der Waals surface area contributed by atoms with Crippen molar-refractivity contribution in [2.75, 3.05) is 39.3 Å². The molecule has 6 aliphatic heterocycles. The maximum absolute atomic E-state index is 14.4. The molecule has 10 nitrogen and oxygen atoms in total. The molecule has 8 rings (SSSR count). The van der Waals surface area contributed by atoms with Gasteiger partial charge >= 0.3 is 0 Å². The van der Waals surface area contributed by atoms with E-state index in [4.69, 9.17) is 0 Å². The molecule has 5 atom stereocenters. The second kappa shape index (κ2) is 14.6. The minimum absolute atomic E-state index is 0.0611. The SMILES string of the molecule is O=C(C[C@@H]1CCN2C[C@@H]1CC(=O)N1CC[C@@H](NC3CCC(F)(F)CC3)[C@H]1C(=O)N1CCC(CC1)N1CCC[C@H]1C2=O)NCc1ccccc1. The molecule has 2 N–H and O–H groups in total. The minimum atomic E-state index is -2.64. The Morgan fingerprint density at radius 3 is 2.33 bits per heavy atom. The van der Waals surface area contributed by atoms with E-state index in [-0.39, 0.29) is 85.3 Å². The molecule has 49 heavy (non-hydrogen) atoms. The fourth-order valence-electron chi connectivity index (χ4n) is 9.60. The number of carbonyl (C=O) groups is 4. The average Bonchev–Trinajstić information content (AvgIpc) is 3.77. The molecule has 12 heteroatoms. The van der Waals surface area contributed by atoms with Crippen molar-refractivity contribution in [3.63, 3.8) is 0 Å². The van der Waals surface area contributed by atoms with Crippen molar-refractivity contribution in [3.8, 4) is 0 Å². The molecule has 7 fully saturated rings. The van der Waals surface area contributed by atoms with Crippen molar-refractivity contribution in [2.24, 2.45) is 11.8 Å². The summed E-state index contributed by atoms with van der Waals surface area (Å²) in [6, 6.07) is 8.70. The van der Waals surface area contributed by atoms with Gasteiger partial charge in [-0.05, 0) is 75.3 Å². The molecule has 0 spiro atoms. The zero-order valence-corrected chi connectivity index (χ0v) is 28.5. The number of halogens is 2. The van der Waals surface area contributed by atoms with Crippen LogP contribution in [0, 0.1) is 11.8 Å². The first-order chi connectivity index (χ1) is 23.6. The maximum atomic E-state index is 14.4. The van der Waals surface area contributed by atoms with Gasteiger partial charge in [-0.15, -0.1) is 0 Å². The highest BCUT2D eigenvalue weighted by atomic mass is 19.3. The van der Waals surface area contributed by atoms with Crippen LogP contribution in [-0.2, 0) is 25.7 Å². The van der Waals surface area contributed by atoms with E-state index < -0.39 is 12.0 Å². The topological polar surface area (TPSA) is 105 Å². The van der Waals surface area contributed by atoms with Crippen LogP contribution < -0.4 is 10.6 Å². The number of hydrogen-bond donors (Lipinski definition) is 2. The molecule has 268 valence electrons. The lowest BCUT2D eigenvalue weighted by Gasteiger charge is -2.42. The predicted octanol–water partition coefficient (Wildman–Crippen LogP) is 3.15. The first kappa shape index (κ1) is 34.3. The Kier molecular flexibility index (Phi) is 10.2. The van der Waals surface area contributed by atoms with Crippen molar-refractivity contribution in [1.29, 1.82) is 0 Å². The van der Waals surface area contributed by atoms with Crippen molar-refractivity contribution >= 4 is 23.6 Å². The van der Waals surface area contributed by atoms with E-state index in [2.05, 4.69) is 15.5 Å². The standard InChI is InChI=1S/C37H52F2N6O4/c38-37(39)14-8-28(9-15-37)41-30-13-20-45-33(47)22-27-24-43(17-10-26(27)21-32(46)40-23-25-5-2-1-3-6-25)35(48)31-7-4-16-44(31)29-11-18-42(19-12-29)36(49)34(30)45/h1-3,5-6,26-31,34,41H,4,7-24H2,(H,40,46)/t26-,27-,30+,31-,34-/m0/s1. The Bertz CT molecular complexity index is 1360. The largest absolute Gasteiger partial charge is 0.352 e. The number of alkyl halides is 2. The summed E-state index contributed by atoms with van der Waals surface area (Å²) in [5.74, 6) is -3.05. The monoisotopic (exact) mass is 682 g/mol. The molecule has 6 saturated heterocycles. The smallest absolute Gasteiger partial charge is 0.248 e. The fraction of sp³-hybridized carbons (Fsp3) is 0.730. The molecule has 6 heterocycles. The van der Waals surface area contributed by atoms with Crippen LogP contribution in [0.25, 0.3) is 0 Å². The second-order valence-electron chi connectivity index (χ2n) is 15.4. The second-order valence-corrected chi connectivity index (χ2v) is 15.4. The third-order valence-corrected chi connectivity index (χ3v) is 12.4. The first-order valence-corrected chi connectivity index (χ1v) is 18.7. The molecule has 4 amide bonds. The van der Waals surface area contributed by atoms with Crippen molar-refractivity contribution in [3.05, 3.63) is 35.9 Å². The highest BCUT2D eigenvalue weighted by Gasteiger charge is 2.48. The summed E-state index contributed by atoms with van der Waals surface area (Å²) in [6.45, 7) is 3.87. The number of hydrogen-bond acceptors (Lipinski definition) is 6. The third-order valence-electron chi connectivity index (χ3n) is 12.4. The molecule has 0 unspecified atom stereocenters. The quantitative estimate of drug-likeness (QED) is 0.478. The van der Waals surface area contributed by atoms with E-state index in [0.717, 1.165) is 37.8 Å². The summed E-state index contributed by atoms with van der Waals surface area (Å²) in [6.07, 6.45) is 5.38. The van der Waals surface area contributed by atoms with Gasteiger partial charge < -0.3 is 25.3 Å². The zero-order valence-electron chi connectivity index (χ0n) is 28.5. The Morgan fingerprint density at radius 2 is 1.57 bits per heavy atom. The Balaban J connectivity index is 1.12. The van der Waals surface area contributed by atoms with E-state index in [0.29, 0.717) is 65.0 Å². The van der Waals surface area contributed by atoms with Gasteiger partial charge in [0.25, 0.3) is 0 Å². The van der Waals surface area contributed by atoms with E-state index in [1.807, 2.05) is 40.1 Å². The van der Waals surface area contributed by atoms with E-state index in [1.54, 1.807) is 4.90 Å². The van der Waals surface area contributed by atoms with Crippen LogP contribution in [-0.4, -0.2) is 119 Å². The number of carbonyl (C=O) groups excluding carboxylic acids is 4. The first-order valence-electron chi connectivity index (χ1n) is 18.7. The lowest BCUT2D eigenvalue weighted by molar-refractivity contribution is -0.146. The van der Waals surface area contributed by atoms with Gasteiger partial charge in [0.05, 0.1) is 6.04 Å². The molecule has 0 aromatic heterocycles. The van der Waals surface area contributed by atoms with Crippen LogP contribution in [0.1, 0.15) is 82.6 Å². The van der Waals surface area contributed by atoms with Crippen LogP contribution in [0.2, 0.25) is 0 Å². The van der Waals surface area contributed by atoms with E-state index in [9.17, 15) is 28.0 Å². The number of benzene rings is 1. The molecule has 1 aromatic rings. The molecule has 7 aliphatic rings. The molecular formula is C37H52F2N6O4. The molecule has 4 bridgehead atoms. The average molecular weight is 683 g/mol. The minimum Gasteiger partial charge on any atom is -0.352 e. The molecule has 1 aliphatic carbocycles. The molecular weight excluding hydrogens is 630 g/mol. The molecule has 1 aromatic carbocycles. The molecule has 0 radical (unpaired) electrons. The lowest BCUT2D eigenvalue weighted by Crippen LogP contribution is -2.59. The summed E-state index contributed by atoms with van der Waals surface area (Å²) in [5.41, 5.74) is 1.01. The van der Waals surface area contributed by atoms with Gasteiger partial charge in [0.2, 0.25) is 29.6 Å². The van der Waals surface area contributed by atoms with Crippen molar-refractivity contribution < 1.29 is 28.0 Å². The highest BCUT2D eigenvalue weighted by molar-refractivity contribution is 5.89. The van der Waals surface area contributed by atoms with Gasteiger partial charge in [0.1, 0.15) is 6.04 Å². The van der Waals surface area contributed by atoms with Crippen LogP contribution in [0.5, 0.6) is 0 Å². The summed E-state index contributed by atoms with van der Waals surface area (Å²) in [7, 11) is 0. The van der Waals surface area contributed by atoms with Crippen LogP contribution in [0.15, 0.2) is 30.3 Å². The summed E-state index contributed by atoms with van der Waals surface area (Å²) < 4.78 is 27.9. The van der Waals surface area contributed by atoms with Crippen LogP contribution >= 0.6 is 0 Å². The number of fused-ring (bicyclic) bond motifs is 3. The summed E-state index contributed by atoms with van der Waals surface area (Å²) in [5, 5.41) is 6.60. The van der Waals surface area contributed by atoms with Gasteiger partial charge in [-0.3, -0.25) is 24.1 Å². The van der Waals surface area contributed by atoms with Gasteiger partial charge in [-0.25, -0.2) is 8.78 Å². The van der Waals surface area contributed by atoms with Crippen molar-refractivity contribution in [2.45, 2.75) is 120 Å². The van der Waals surface area contributed by atoms with E-state index in [1.165, 1.54) is 0 Å². The van der Waals surface area contributed by atoms with Gasteiger partial charge in [0, 0.05) is 83.1 Å². The Morgan fingerprint density at radius 1 is 0.837 bits per heavy atom. The van der Waals surface area contributed by atoms with E-state index >= 15 is 0 Å². The number of rotatable bonds is 6. The Labute approximate surface area is 288 Å². The number of amides is 4. The normalized spacial score (nSPS) is 31.8. The lowest BCUT2D eigenvalue weighted by atomic mass is 9.80. The highest BCUT2D eigenvalue weighted by Crippen LogP contribution is 2.37. The van der Waals surface area contributed by atoms with Crippen LogP contribution in [0.3, 0.4) is 0 Å². The maximum Gasteiger partial charge on any atom is 0.248 e. The summed E-state index contributed by atoms with van der Waals surface area (Å²) >= 11 is 0. The molecule has 1 saturated carbocycles. The number of nitrogens with one attached hydrogen (secondary N) is 2. The fourth-order valence-corrected chi connectivity index (χ4v) is 9.60. The zero-order chi connectivity index (χ0) is 34.1. The number of piperidine rings is 2.